The number of benzene rings is 2. The number of carbonyl (C=O) groups is 2. The van der Waals surface area contributed by atoms with Crippen LogP contribution in [0.15, 0.2) is 54.6 Å². The molecule has 0 aromatic heterocycles. The molecule has 1 N–H and O–H groups in total. The molecule has 5 nitrogen and oxygen atoms in total. The lowest BCUT2D eigenvalue weighted by atomic mass is 9.72. The Bertz CT molecular complexity index is 778. The maximum atomic E-state index is 12.8. The highest BCUT2D eigenvalue weighted by Gasteiger charge is 2.45. The summed E-state index contributed by atoms with van der Waals surface area (Å²) in [5.41, 5.74) is 1.73. The smallest absolute Gasteiger partial charge is 0.317 e. The zero-order valence-corrected chi connectivity index (χ0v) is 15.6. The summed E-state index contributed by atoms with van der Waals surface area (Å²) >= 11 is 0. The maximum absolute atomic E-state index is 12.8. The number of likely N-dealkylation sites (tertiary alicyclic amines) is 1. The minimum Gasteiger partial charge on any atom is -0.545 e. The lowest BCUT2D eigenvalue weighted by Crippen LogP contribution is -3.12. The number of carboxylic acids is 1. The van der Waals surface area contributed by atoms with Crippen molar-refractivity contribution >= 4 is 11.9 Å². The average Bonchev–Trinajstić information content (AvgIpc) is 2.70. The Morgan fingerprint density at radius 1 is 1.04 bits per heavy atom. The van der Waals surface area contributed by atoms with E-state index in [0.29, 0.717) is 6.61 Å². The highest BCUT2D eigenvalue weighted by atomic mass is 16.5. The zero-order valence-electron chi connectivity index (χ0n) is 15.6. The molecular formula is C22H25NO4. The van der Waals surface area contributed by atoms with E-state index in [1.54, 1.807) is 12.1 Å². The molecule has 1 aliphatic heterocycles. The third-order valence-corrected chi connectivity index (χ3v) is 5.45. The van der Waals surface area contributed by atoms with Crippen LogP contribution in [0.2, 0.25) is 0 Å². The molecule has 0 spiro atoms. The minimum absolute atomic E-state index is 0.131. The predicted molar refractivity (Wildman–Crippen MR) is 99.2 cm³/mol. The Morgan fingerprint density at radius 3 is 2.22 bits per heavy atom. The van der Waals surface area contributed by atoms with Gasteiger partial charge in [0.15, 0.2) is 0 Å². The zero-order chi connectivity index (χ0) is 19.3. The van der Waals surface area contributed by atoms with Gasteiger partial charge in [-0.3, -0.25) is 4.79 Å². The summed E-state index contributed by atoms with van der Waals surface area (Å²) in [5.74, 6) is -1.29. The SMILES string of the molecule is CCOC(=O)C1(c2ccccc2)CC[NH+](Cc2ccc(C(=O)[O-])cc2)CC1. The number of carbonyl (C=O) groups excluding carboxylic acids is 2. The second-order valence-corrected chi connectivity index (χ2v) is 7.08. The quantitative estimate of drug-likeness (QED) is 0.764. The van der Waals surface area contributed by atoms with Gasteiger partial charge in [-0.25, -0.2) is 0 Å². The van der Waals surface area contributed by atoms with Gasteiger partial charge in [-0.2, -0.15) is 0 Å². The molecule has 0 amide bonds. The summed E-state index contributed by atoms with van der Waals surface area (Å²) in [6.07, 6.45) is 1.48. The Hall–Kier alpha value is -2.66. The molecular weight excluding hydrogens is 342 g/mol. The van der Waals surface area contributed by atoms with Crippen LogP contribution in [0.25, 0.3) is 0 Å². The molecule has 1 fully saturated rings. The first-order valence-electron chi connectivity index (χ1n) is 9.42. The summed E-state index contributed by atoms with van der Waals surface area (Å²) in [6.45, 7) is 4.75. The fourth-order valence-corrected chi connectivity index (χ4v) is 3.89. The first kappa shape index (κ1) is 19.1. The molecule has 0 unspecified atom stereocenters. The van der Waals surface area contributed by atoms with Gasteiger partial charge >= 0.3 is 5.97 Å². The summed E-state index contributed by atoms with van der Waals surface area (Å²) in [6, 6.07) is 16.8. The summed E-state index contributed by atoms with van der Waals surface area (Å²) in [5, 5.41) is 10.9. The first-order valence-corrected chi connectivity index (χ1v) is 9.42. The molecule has 0 atom stereocenters. The highest BCUT2D eigenvalue weighted by Crippen LogP contribution is 2.34. The molecule has 27 heavy (non-hydrogen) atoms. The van der Waals surface area contributed by atoms with Crippen molar-refractivity contribution < 1.29 is 24.3 Å². The largest absolute Gasteiger partial charge is 0.545 e. The van der Waals surface area contributed by atoms with Crippen LogP contribution in [-0.2, 0) is 21.5 Å². The van der Waals surface area contributed by atoms with Crippen molar-refractivity contribution in [1.82, 2.24) is 0 Å². The van der Waals surface area contributed by atoms with Gasteiger partial charge in [0.05, 0.1) is 25.7 Å². The fourth-order valence-electron chi connectivity index (χ4n) is 3.89. The van der Waals surface area contributed by atoms with Gasteiger partial charge < -0.3 is 19.5 Å². The van der Waals surface area contributed by atoms with Gasteiger partial charge in [-0.15, -0.1) is 0 Å². The monoisotopic (exact) mass is 367 g/mol. The van der Waals surface area contributed by atoms with Gasteiger partial charge in [0, 0.05) is 18.4 Å². The topological polar surface area (TPSA) is 70.9 Å². The van der Waals surface area contributed by atoms with Crippen LogP contribution >= 0.6 is 0 Å². The van der Waals surface area contributed by atoms with Crippen molar-refractivity contribution in [3.8, 4) is 0 Å². The molecule has 142 valence electrons. The Kier molecular flexibility index (Phi) is 5.91. The van der Waals surface area contributed by atoms with Crippen LogP contribution in [0.1, 0.15) is 41.3 Å². The van der Waals surface area contributed by atoms with E-state index in [4.69, 9.17) is 4.74 Å². The van der Waals surface area contributed by atoms with Crippen molar-refractivity contribution in [2.75, 3.05) is 19.7 Å². The third kappa shape index (κ3) is 4.19. The lowest BCUT2D eigenvalue weighted by molar-refractivity contribution is -0.919. The van der Waals surface area contributed by atoms with E-state index in [-0.39, 0.29) is 11.5 Å². The van der Waals surface area contributed by atoms with Gasteiger partial charge in [-0.05, 0) is 18.1 Å². The fraction of sp³-hybridized carbons (Fsp3) is 0.364. The number of ether oxygens (including phenoxy) is 1. The Morgan fingerprint density at radius 2 is 1.67 bits per heavy atom. The van der Waals surface area contributed by atoms with Gasteiger partial charge in [0.2, 0.25) is 0 Å². The Balaban J connectivity index is 1.70. The van der Waals surface area contributed by atoms with Gasteiger partial charge in [-0.1, -0.05) is 54.6 Å². The number of nitrogens with one attached hydrogen (secondary N) is 1. The van der Waals surface area contributed by atoms with Crippen molar-refractivity contribution in [3.05, 3.63) is 71.3 Å². The van der Waals surface area contributed by atoms with E-state index in [2.05, 4.69) is 0 Å². The number of carboxylic acid groups (broad SMARTS) is 1. The molecule has 1 heterocycles. The number of rotatable bonds is 6. The number of hydrogen-bond donors (Lipinski definition) is 1. The molecule has 0 saturated carbocycles. The molecule has 2 aromatic rings. The number of hydrogen-bond acceptors (Lipinski definition) is 4. The first-order chi connectivity index (χ1) is 13.0. The number of piperidine rings is 1. The molecule has 1 saturated heterocycles. The van der Waals surface area contributed by atoms with Crippen LogP contribution in [0, 0.1) is 0 Å². The van der Waals surface area contributed by atoms with Gasteiger partial charge in [0.25, 0.3) is 0 Å². The van der Waals surface area contributed by atoms with Crippen LogP contribution in [-0.4, -0.2) is 31.6 Å². The van der Waals surface area contributed by atoms with E-state index in [1.165, 1.54) is 4.90 Å². The van der Waals surface area contributed by atoms with Gasteiger partial charge in [0.1, 0.15) is 12.0 Å². The van der Waals surface area contributed by atoms with Crippen molar-refractivity contribution in [2.24, 2.45) is 0 Å². The van der Waals surface area contributed by atoms with Crippen molar-refractivity contribution in [2.45, 2.75) is 31.7 Å². The molecule has 0 bridgehead atoms. The van der Waals surface area contributed by atoms with E-state index >= 15 is 0 Å². The molecule has 1 aliphatic rings. The molecule has 2 aromatic carbocycles. The second-order valence-electron chi connectivity index (χ2n) is 7.08. The number of esters is 1. The van der Waals surface area contributed by atoms with Crippen molar-refractivity contribution in [3.63, 3.8) is 0 Å². The van der Waals surface area contributed by atoms with Crippen LogP contribution in [0.4, 0.5) is 0 Å². The van der Waals surface area contributed by atoms with Crippen molar-refractivity contribution in [1.29, 1.82) is 0 Å². The average molecular weight is 367 g/mol. The Labute approximate surface area is 159 Å². The van der Waals surface area contributed by atoms with E-state index in [0.717, 1.165) is 43.6 Å². The van der Waals surface area contributed by atoms with Crippen LogP contribution in [0.3, 0.4) is 0 Å². The third-order valence-electron chi connectivity index (χ3n) is 5.45. The van der Waals surface area contributed by atoms with Crippen LogP contribution in [0.5, 0.6) is 0 Å². The number of quaternary nitrogens is 1. The normalized spacial score (nSPS) is 22.2. The summed E-state index contributed by atoms with van der Waals surface area (Å²) < 4.78 is 5.42. The molecule has 0 radical (unpaired) electrons. The second kappa shape index (κ2) is 8.35. The maximum Gasteiger partial charge on any atom is 0.317 e. The summed E-state index contributed by atoms with van der Waals surface area (Å²) in [7, 11) is 0. The minimum atomic E-state index is -1.16. The highest BCUT2D eigenvalue weighted by molar-refractivity contribution is 5.85. The van der Waals surface area contributed by atoms with Crippen LogP contribution < -0.4 is 10.0 Å². The summed E-state index contributed by atoms with van der Waals surface area (Å²) in [4.78, 5) is 25.0. The van der Waals surface area contributed by atoms with E-state index in [9.17, 15) is 14.7 Å². The lowest BCUT2D eigenvalue weighted by Gasteiger charge is -2.38. The molecule has 3 rings (SSSR count). The standard InChI is InChI=1S/C22H25NO4/c1-2-27-21(26)22(19-6-4-3-5-7-19)12-14-23(15-13-22)16-17-8-10-18(11-9-17)20(24)25/h3-11H,2,12-16H2,1H3,(H,24,25). The van der Waals surface area contributed by atoms with E-state index < -0.39 is 11.4 Å². The van der Waals surface area contributed by atoms with E-state index in [1.807, 2.05) is 49.4 Å². The number of aromatic carboxylic acids is 1. The molecule has 5 heteroatoms. The predicted octanol–water partition coefficient (Wildman–Crippen LogP) is 0.730. The molecule has 0 aliphatic carbocycles.